The van der Waals surface area contributed by atoms with E-state index in [9.17, 15) is 4.79 Å². The lowest BCUT2D eigenvalue weighted by molar-refractivity contribution is -0.142. The summed E-state index contributed by atoms with van der Waals surface area (Å²) in [5, 5.41) is 0. The number of hydrogen-bond acceptors (Lipinski definition) is 3. The Labute approximate surface area is 72.0 Å². The lowest BCUT2D eigenvalue weighted by atomic mass is 9.90. The molecule has 0 spiro atoms. The van der Waals surface area contributed by atoms with Gasteiger partial charge in [0.15, 0.2) is 0 Å². The van der Waals surface area contributed by atoms with Crippen LogP contribution in [-0.4, -0.2) is 24.8 Å². The Balaban J connectivity index is 1.70. The van der Waals surface area contributed by atoms with Crippen molar-refractivity contribution >= 4 is 5.97 Å². The molecule has 0 aromatic heterocycles. The van der Waals surface area contributed by atoms with Crippen molar-refractivity contribution in [1.82, 2.24) is 0 Å². The van der Waals surface area contributed by atoms with Gasteiger partial charge >= 0.3 is 5.97 Å². The van der Waals surface area contributed by atoms with Gasteiger partial charge in [-0.3, -0.25) is 4.79 Å². The average molecular weight is 170 g/mol. The zero-order chi connectivity index (χ0) is 8.55. The molecule has 2 fully saturated rings. The summed E-state index contributed by atoms with van der Waals surface area (Å²) in [6.45, 7) is 2.04. The first-order valence-electron chi connectivity index (χ1n) is 4.54. The second kappa shape index (κ2) is 3.05. The Morgan fingerprint density at radius 1 is 1.50 bits per heavy atom. The highest BCUT2D eigenvalue weighted by atomic mass is 16.6. The third-order valence-electron chi connectivity index (χ3n) is 2.64. The average Bonchev–Trinajstić information content (AvgIpc) is 2.78. The number of fused-ring (bicyclic) bond motifs is 1. The molecule has 0 bridgehead atoms. The maximum atomic E-state index is 10.5. The minimum Gasteiger partial charge on any atom is -0.466 e. The maximum absolute atomic E-state index is 10.5. The van der Waals surface area contributed by atoms with Crippen LogP contribution in [0.3, 0.4) is 0 Å². The number of rotatable bonds is 2. The van der Waals surface area contributed by atoms with E-state index in [1.807, 2.05) is 0 Å². The lowest BCUT2D eigenvalue weighted by Crippen LogP contribution is -2.19. The molecular weight excluding hydrogens is 156 g/mol. The van der Waals surface area contributed by atoms with E-state index in [1.165, 1.54) is 6.92 Å². The zero-order valence-electron chi connectivity index (χ0n) is 7.29. The molecule has 0 N–H and O–H groups in total. The first kappa shape index (κ1) is 8.05. The fraction of sp³-hybridized carbons (Fsp3) is 0.889. The van der Waals surface area contributed by atoms with Crippen molar-refractivity contribution in [2.75, 3.05) is 6.61 Å². The van der Waals surface area contributed by atoms with Crippen LogP contribution < -0.4 is 0 Å². The molecule has 1 heterocycles. The van der Waals surface area contributed by atoms with Gasteiger partial charge in [0.2, 0.25) is 0 Å². The van der Waals surface area contributed by atoms with Gasteiger partial charge in [-0.05, 0) is 25.2 Å². The first-order valence-corrected chi connectivity index (χ1v) is 4.54. The normalized spacial score (nSPS) is 38.6. The van der Waals surface area contributed by atoms with Crippen LogP contribution in [0.5, 0.6) is 0 Å². The van der Waals surface area contributed by atoms with E-state index in [0.717, 1.165) is 19.3 Å². The summed E-state index contributed by atoms with van der Waals surface area (Å²) < 4.78 is 10.3. The number of epoxide rings is 1. The topological polar surface area (TPSA) is 38.8 Å². The molecule has 0 unspecified atom stereocenters. The van der Waals surface area contributed by atoms with E-state index in [4.69, 9.17) is 9.47 Å². The Bertz CT molecular complexity index is 190. The molecule has 0 amide bonds. The van der Waals surface area contributed by atoms with Crippen LogP contribution in [0.2, 0.25) is 0 Å². The summed E-state index contributed by atoms with van der Waals surface area (Å²) in [4.78, 5) is 10.5. The Morgan fingerprint density at radius 2 is 2.33 bits per heavy atom. The van der Waals surface area contributed by atoms with E-state index < -0.39 is 0 Å². The van der Waals surface area contributed by atoms with Gasteiger partial charge in [-0.2, -0.15) is 0 Å². The van der Waals surface area contributed by atoms with E-state index in [-0.39, 0.29) is 5.97 Å². The number of carbonyl (C=O) groups excluding carboxylic acids is 1. The molecule has 0 aromatic rings. The SMILES string of the molecule is CC(=O)OC[C@H]1CC[C@H]2O[C@H]2C1. The van der Waals surface area contributed by atoms with Crippen molar-refractivity contribution in [3.05, 3.63) is 0 Å². The highest BCUT2D eigenvalue weighted by Gasteiger charge is 2.43. The molecule has 3 atom stereocenters. The number of carbonyl (C=O) groups is 1. The zero-order valence-corrected chi connectivity index (χ0v) is 7.29. The van der Waals surface area contributed by atoms with Gasteiger partial charge in [-0.15, -0.1) is 0 Å². The predicted molar refractivity (Wildman–Crippen MR) is 42.6 cm³/mol. The minimum atomic E-state index is -0.172. The summed E-state index contributed by atoms with van der Waals surface area (Å²) in [7, 11) is 0. The molecule has 1 saturated carbocycles. The van der Waals surface area contributed by atoms with Crippen molar-refractivity contribution < 1.29 is 14.3 Å². The summed E-state index contributed by atoms with van der Waals surface area (Å²) in [5.74, 6) is 0.367. The molecule has 1 aliphatic heterocycles. The maximum Gasteiger partial charge on any atom is 0.302 e. The van der Waals surface area contributed by atoms with Gasteiger partial charge in [0.1, 0.15) is 0 Å². The smallest absolute Gasteiger partial charge is 0.302 e. The number of ether oxygens (including phenoxy) is 2. The van der Waals surface area contributed by atoms with Crippen LogP contribution >= 0.6 is 0 Å². The molecule has 2 rings (SSSR count). The lowest BCUT2D eigenvalue weighted by Gasteiger charge is -2.17. The van der Waals surface area contributed by atoms with Crippen molar-refractivity contribution in [1.29, 1.82) is 0 Å². The first-order chi connectivity index (χ1) is 5.75. The van der Waals surface area contributed by atoms with Crippen molar-refractivity contribution in [2.24, 2.45) is 5.92 Å². The summed E-state index contributed by atoms with van der Waals surface area (Å²) >= 11 is 0. The van der Waals surface area contributed by atoms with Gasteiger partial charge in [0.05, 0.1) is 18.8 Å². The van der Waals surface area contributed by atoms with Crippen molar-refractivity contribution in [3.63, 3.8) is 0 Å². The standard InChI is InChI=1S/C9H14O3/c1-6(10)11-5-7-2-3-8-9(4-7)12-8/h7-9H,2-5H2,1H3/t7-,8+,9-/m0/s1. The Kier molecular flexibility index (Phi) is 2.05. The minimum absolute atomic E-state index is 0.172. The van der Waals surface area contributed by atoms with Crippen molar-refractivity contribution in [2.45, 2.75) is 38.4 Å². The Morgan fingerprint density at radius 3 is 3.00 bits per heavy atom. The van der Waals surface area contributed by atoms with Crippen molar-refractivity contribution in [3.8, 4) is 0 Å². The third kappa shape index (κ3) is 1.78. The second-order valence-electron chi connectivity index (χ2n) is 3.69. The van der Waals surface area contributed by atoms with E-state index in [1.54, 1.807) is 0 Å². The van der Waals surface area contributed by atoms with Gasteiger partial charge in [-0.25, -0.2) is 0 Å². The van der Waals surface area contributed by atoms with Crippen LogP contribution in [0.1, 0.15) is 26.2 Å². The highest BCUT2D eigenvalue weighted by Crippen LogP contribution is 2.39. The molecule has 1 aliphatic carbocycles. The summed E-state index contributed by atoms with van der Waals surface area (Å²) in [6, 6.07) is 0. The van der Waals surface area contributed by atoms with Gasteiger partial charge in [0.25, 0.3) is 0 Å². The molecule has 0 aromatic carbocycles. The monoisotopic (exact) mass is 170 g/mol. The fourth-order valence-corrected chi connectivity index (χ4v) is 1.87. The van der Waals surface area contributed by atoms with Gasteiger partial charge in [-0.1, -0.05) is 0 Å². The van der Waals surface area contributed by atoms with E-state index in [0.29, 0.717) is 24.7 Å². The van der Waals surface area contributed by atoms with Crippen LogP contribution in [-0.2, 0) is 14.3 Å². The third-order valence-corrected chi connectivity index (χ3v) is 2.64. The summed E-state index contributed by atoms with van der Waals surface area (Å²) in [6.07, 6.45) is 4.40. The fourth-order valence-electron chi connectivity index (χ4n) is 1.87. The molecule has 3 nitrogen and oxygen atoms in total. The van der Waals surface area contributed by atoms with Gasteiger partial charge < -0.3 is 9.47 Å². The quantitative estimate of drug-likeness (QED) is 0.460. The van der Waals surface area contributed by atoms with Crippen LogP contribution in [0.4, 0.5) is 0 Å². The van der Waals surface area contributed by atoms with Crippen LogP contribution in [0.25, 0.3) is 0 Å². The molecule has 2 aliphatic rings. The molecule has 1 saturated heterocycles. The molecule has 3 heteroatoms. The van der Waals surface area contributed by atoms with Crippen LogP contribution in [0.15, 0.2) is 0 Å². The van der Waals surface area contributed by atoms with E-state index >= 15 is 0 Å². The summed E-state index contributed by atoms with van der Waals surface area (Å²) in [5.41, 5.74) is 0. The number of esters is 1. The predicted octanol–water partition coefficient (Wildman–Crippen LogP) is 1.12. The highest BCUT2D eigenvalue weighted by molar-refractivity contribution is 5.65. The largest absolute Gasteiger partial charge is 0.466 e. The van der Waals surface area contributed by atoms with Crippen LogP contribution in [0, 0.1) is 5.92 Å². The second-order valence-corrected chi connectivity index (χ2v) is 3.69. The molecule has 68 valence electrons. The van der Waals surface area contributed by atoms with Gasteiger partial charge in [0, 0.05) is 6.92 Å². The number of hydrogen-bond donors (Lipinski definition) is 0. The molecular formula is C9H14O3. The molecule has 0 radical (unpaired) electrons. The van der Waals surface area contributed by atoms with E-state index in [2.05, 4.69) is 0 Å². The molecule has 12 heavy (non-hydrogen) atoms. The Hall–Kier alpha value is -0.570.